The monoisotopic (exact) mass is 274 g/mol. The minimum absolute atomic E-state index is 0.160. The summed E-state index contributed by atoms with van der Waals surface area (Å²) in [5.41, 5.74) is -0.415. The van der Waals surface area contributed by atoms with E-state index in [1.54, 1.807) is 0 Å². The summed E-state index contributed by atoms with van der Waals surface area (Å²) in [4.78, 5) is 32.5. The van der Waals surface area contributed by atoms with Gasteiger partial charge in [-0.05, 0) is 10.8 Å². The van der Waals surface area contributed by atoms with Crippen LogP contribution >= 0.6 is 0 Å². The lowest BCUT2D eigenvalue weighted by molar-refractivity contribution is -0.168. The highest BCUT2D eigenvalue weighted by Gasteiger charge is 2.67. The molecule has 0 radical (unpaired) electrons. The molecule has 0 aromatic carbocycles. The largest absolute Gasteiger partial charge is 0.461 e. The first kappa shape index (κ1) is 15.9. The Hall–Kier alpha value is -1.14. The van der Waals surface area contributed by atoms with Gasteiger partial charge in [-0.1, -0.05) is 41.5 Å². The Labute approximate surface area is 113 Å². The molecule has 1 aliphatic heterocycles. The molecule has 0 aromatic rings. The second kappa shape index (κ2) is 5.09. The van der Waals surface area contributed by atoms with Crippen molar-refractivity contribution < 1.29 is 28.8 Å². The molecule has 0 aromatic heterocycles. The summed E-state index contributed by atoms with van der Waals surface area (Å²) < 4.78 is 9.99. The van der Waals surface area contributed by atoms with E-state index in [9.17, 15) is 9.59 Å². The van der Waals surface area contributed by atoms with Gasteiger partial charge in [0, 0.05) is 0 Å². The third-order valence-electron chi connectivity index (χ3n) is 2.06. The second-order valence-electron chi connectivity index (χ2n) is 7.06. The number of carbonyl (C=O) groups is 2. The predicted molar refractivity (Wildman–Crippen MR) is 65.7 cm³/mol. The minimum Gasteiger partial charge on any atom is -0.461 e. The fraction of sp³-hybridized carbons (Fsp3) is 0.846. The molecule has 1 aliphatic rings. The molecule has 0 spiro atoms. The third kappa shape index (κ3) is 4.80. The van der Waals surface area contributed by atoms with Gasteiger partial charge < -0.3 is 9.47 Å². The second-order valence-corrected chi connectivity index (χ2v) is 7.06. The van der Waals surface area contributed by atoms with Crippen LogP contribution < -0.4 is 0 Å². The van der Waals surface area contributed by atoms with Gasteiger partial charge in [0.15, 0.2) is 0 Å². The lowest BCUT2D eigenvalue weighted by atomic mass is 9.98. The Morgan fingerprint density at radius 3 is 1.37 bits per heavy atom. The van der Waals surface area contributed by atoms with E-state index in [0.717, 1.165) is 0 Å². The average Bonchev–Trinajstić information content (AvgIpc) is 3.01. The summed E-state index contributed by atoms with van der Waals surface area (Å²) in [6.45, 7) is 11.7. The lowest BCUT2D eigenvalue weighted by Gasteiger charge is -2.20. The lowest BCUT2D eigenvalue weighted by Crippen LogP contribution is -2.39. The van der Waals surface area contributed by atoms with E-state index in [2.05, 4.69) is 9.78 Å². The maximum Gasteiger partial charge on any atom is 0.423 e. The SMILES string of the molecule is CC(C)(C)COC(=O)C1(C(=O)OCC(C)(C)C)OO1. The molecule has 6 nitrogen and oxygen atoms in total. The fourth-order valence-electron chi connectivity index (χ4n) is 1.02. The topological polar surface area (TPSA) is 77.7 Å². The number of hydrogen-bond acceptors (Lipinski definition) is 6. The zero-order valence-corrected chi connectivity index (χ0v) is 12.4. The van der Waals surface area contributed by atoms with Gasteiger partial charge in [0.2, 0.25) is 0 Å². The highest BCUT2D eigenvalue weighted by molar-refractivity contribution is 6.03. The van der Waals surface area contributed by atoms with Crippen LogP contribution in [-0.2, 0) is 28.8 Å². The van der Waals surface area contributed by atoms with E-state index in [-0.39, 0.29) is 24.0 Å². The van der Waals surface area contributed by atoms with Crippen LogP contribution in [0.5, 0.6) is 0 Å². The molecule has 1 fully saturated rings. The maximum atomic E-state index is 11.8. The molecule has 6 heteroatoms. The number of hydrogen-bond donors (Lipinski definition) is 0. The van der Waals surface area contributed by atoms with E-state index < -0.39 is 17.7 Å². The van der Waals surface area contributed by atoms with Gasteiger partial charge in [-0.15, -0.1) is 0 Å². The standard InChI is InChI=1S/C13H22O6/c1-11(2,3)7-16-9(14)13(18-19-13)10(15)17-8-12(4,5)6/h7-8H2,1-6H3. The van der Waals surface area contributed by atoms with Crippen LogP contribution in [0.15, 0.2) is 0 Å². The number of rotatable bonds is 4. The molecule has 0 bridgehead atoms. The first-order chi connectivity index (χ1) is 8.46. The van der Waals surface area contributed by atoms with Crippen LogP contribution in [0.4, 0.5) is 0 Å². The Kier molecular flexibility index (Phi) is 4.27. The van der Waals surface area contributed by atoms with Crippen LogP contribution in [-0.4, -0.2) is 30.9 Å². The first-order valence-corrected chi connectivity index (χ1v) is 6.18. The van der Waals surface area contributed by atoms with Crippen LogP contribution in [0.1, 0.15) is 41.5 Å². The zero-order valence-electron chi connectivity index (χ0n) is 12.4. The zero-order chi connectivity index (χ0) is 14.9. The third-order valence-corrected chi connectivity index (χ3v) is 2.06. The first-order valence-electron chi connectivity index (χ1n) is 6.18. The maximum absolute atomic E-state index is 11.8. The highest BCUT2D eigenvalue weighted by atomic mass is 17.4. The van der Waals surface area contributed by atoms with Gasteiger partial charge in [-0.25, -0.2) is 9.59 Å². The molecule has 0 saturated carbocycles. The van der Waals surface area contributed by atoms with Crippen molar-refractivity contribution in [3.63, 3.8) is 0 Å². The van der Waals surface area contributed by atoms with Crippen LogP contribution in [0.3, 0.4) is 0 Å². The van der Waals surface area contributed by atoms with Crippen LogP contribution in [0.25, 0.3) is 0 Å². The van der Waals surface area contributed by atoms with Gasteiger partial charge in [0.05, 0.1) is 13.2 Å². The van der Waals surface area contributed by atoms with Gasteiger partial charge in [0.1, 0.15) is 0 Å². The molecule has 19 heavy (non-hydrogen) atoms. The summed E-state index contributed by atoms with van der Waals surface area (Å²) in [5, 5.41) is 0. The van der Waals surface area contributed by atoms with Crippen molar-refractivity contribution in [1.29, 1.82) is 0 Å². The molecule has 1 heterocycles. The minimum atomic E-state index is -2.02. The number of esters is 2. The molecule has 1 saturated heterocycles. The molecular weight excluding hydrogens is 252 g/mol. The van der Waals surface area contributed by atoms with Crippen molar-refractivity contribution in [1.82, 2.24) is 0 Å². The van der Waals surface area contributed by atoms with Crippen molar-refractivity contribution in [2.24, 2.45) is 10.8 Å². The van der Waals surface area contributed by atoms with Gasteiger partial charge >= 0.3 is 17.7 Å². The highest BCUT2D eigenvalue weighted by Crippen LogP contribution is 2.33. The van der Waals surface area contributed by atoms with E-state index in [1.807, 2.05) is 41.5 Å². The molecule has 0 unspecified atom stereocenters. The quantitative estimate of drug-likeness (QED) is 0.337. The summed E-state index contributed by atoms with van der Waals surface area (Å²) in [7, 11) is 0. The van der Waals surface area contributed by atoms with Crippen molar-refractivity contribution in [3.8, 4) is 0 Å². The summed E-state index contributed by atoms with van der Waals surface area (Å²) >= 11 is 0. The Bertz CT molecular complexity index is 324. The Balaban J connectivity index is 2.52. The molecule has 0 N–H and O–H groups in total. The molecule has 0 aliphatic carbocycles. The summed E-state index contributed by atoms with van der Waals surface area (Å²) in [6.07, 6.45) is 0. The van der Waals surface area contributed by atoms with Crippen LogP contribution in [0.2, 0.25) is 0 Å². The van der Waals surface area contributed by atoms with E-state index in [4.69, 9.17) is 9.47 Å². The summed E-state index contributed by atoms with van der Waals surface area (Å²) in [6, 6.07) is 0. The van der Waals surface area contributed by atoms with Gasteiger partial charge in [-0.2, -0.15) is 9.78 Å². The Morgan fingerprint density at radius 1 is 0.842 bits per heavy atom. The fourth-order valence-corrected chi connectivity index (χ4v) is 1.02. The van der Waals surface area contributed by atoms with Crippen molar-refractivity contribution in [2.45, 2.75) is 47.3 Å². The van der Waals surface area contributed by atoms with Gasteiger partial charge in [-0.3, -0.25) is 0 Å². The van der Waals surface area contributed by atoms with Gasteiger partial charge in [0.25, 0.3) is 0 Å². The Morgan fingerprint density at radius 2 is 1.16 bits per heavy atom. The van der Waals surface area contributed by atoms with Crippen molar-refractivity contribution in [3.05, 3.63) is 0 Å². The smallest absolute Gasteiger partial charge is 0.423 e. The summed E-state index contributed by atoms with van der Waals surface area (Å²) in [5.74, 6) is -3.76. The van der Waals surface area contributed by atoms with Crippen molar-refractivity contribution in [2.75, 3.05) is 13.2 Å². The predicted octanol–water partition coefficient (Wildman–Crippen LogP) is 1.82. The average molecular weight is 274 g/mol. The van der Waals surface area contributed by atoms with Crippen molar-refractivity contribution >= 4 is 11.9 Å². The van der Waals surface area contributed by atoms with E-state index in [0.29, 0.717) is 0 Å². The van der Waals surface area contributed by atoms with Crippen LogP contribution in [0, 0.1) is 10.8 Å². The normalized spacial score (nSPS) is 17.8. The molecule has 0 atom stereocenters. The number of ether oxygens (including phenoxy) is 2. The molecular formula is C13H22O6. The molecule has 0 amide bonds. The number of carbonyl (C=O) groups excluding carboxylic acids is 2. The molecule has 110 valence electrons. The molecule has 1 rings (SSSR count). The van der Waals surface area contributed by atoms with E-state index in [1.165, 1.54) is 0 Å². The van der Waals surface area contributed by atoms with E-state index >= 15 is 0 Å².